The lowest BCUT2D eigenvalue weighted by molar-refractivity contribution is -0.128. The number of allylic oxidation sites excluding steroid dienone is 8. The zero-order chi connectivity index (χ0) is 30.4. The van der Waals surface area contributed by atoms with E-state index < -0.39 is 0 Å². The molecule has 0 amide bonds. The van der Waals surface area contributed by atoms with Crippen molar-refractivity contribution in [3.8, 4) is 0 Å². The minimum absolute atomic E-state index is 0.0649. The molecule has 0 saturated carbocycles. The Bertz CT molecular complexity index is 592. The van der Waals surface area contributed by atoms with Crippen LogP contribution in [0.2, 0.25) is 0 Å². The van der Waals surface area contributed by atoms with Gasteiger partial charge in [0, 0.05) is 13.2 Å². The van der Waals surface area contributed by atoms with Crippen LogP contribution in [-0.4, -0.2) is 32.2 Å². The van der Waals surface area contributed by atoms with Crippen LogP contribution in [0, 0.1) is 0 Å². The summed E-state index contributed by atoms with van der Waals surface area (Å²) in [7, 11) is 0. The molecular weight excluding hydrogens is 516 g/mol. The number of hydrogen-bond acceptors (Lipinski definition) is 3. The molecule has 0 rings (SSSR count). The van der Waals surface area contributed by atoms with Crippen LogP contribution in [-0.2, 0) is 14.3 Å². The number of carbonyl (C=O) groups excluding carboxylic acids is 1. The largest absolute Gasteiger partial charge is 0.374 e. The molecule has 0 aromatic rings. The molecule has 0 aromatic heterocycles. The van der Waals surface area contributed by atoms with Crippen LogP contribution in [0.5, 0.6) is 0 Å². The molecule has 0 bridgehead atoms. The van der Waals surface area contributed by atoms with Crippen LogP contribution in [0.3, 0.4) is 0 Å². The predicted octanol–water partition coefficient (Wildman–Crippen LogP) is 12.2. The predicted molar refractivity (Wildman–Crippen MR) is 185 cm³/mol. The Hall–Kier alpha value is -1.45. The molecule has 244 valence electrons. The quantitative estimate of drug-likeness (QED) is 0.0555. The van der Waals surface area contributed by atoms with Gasteiger partial charge in [-0.05, 0) is 77.0 Å². The lowest BCUT2D eigenvalue weighted by atomic mass is 10.1. The van der Waals surface area contributed by atoms with E-state index in [1.807, 2.05) is 0 Å². The topological polar surface area (TPSA) is 35.5 Å². The van der Waals surface area contributed by atoms with Gasteiger partial charge in [0.1, 0.15) is 13.2 Å². The maximum absolute atomic E-state index is 11.9. The lowest BCUT2D eigenvalue weighted by Crippen LogP contribution is -2.16. The van der Waals surface area contributed by atoms with Crippen molar-refractivity contribution in [2.75, 3.05) is 26.4 Å². The monoisotopic (exact) mass is 587 g/mol. The molecule has 3 nitrogen and oxygen atoms in total. The van der Waals surface area contributed by atoms with Crippen molar-refractivity contribution >= 4 is 5.78 Å². The zero-order valence-corrected chi connectivity index (χ0v) is 28.1. The van der Waals surface area contributed by atoms with Crippen molar-refractivity contribution in [3.05, 3.63) is 48.6 Å². The first-order chi connectivity index (χ1) is 20.8. The number of Topliss-reactive ketones (excluding diaryl/α,β-unsaturated/α-hetero) is 1. The van der Waals surface area contributed by atoms with E-state index in [9.17, 15) is 4.79 Å². The summed E-state index contributed by atoms with van der Waals surface area (Å²) >= 11 is 0. The normalized spacial score (nSPS) is 12.2. The van der Waals surface area contributed by atoms with Crippen molar-refractivity contribution in [1.29, 1.82) is 0 Å². The van der Waals surface area contributed by atoms with Gasteiger partial charge in [-0.25, -0.2) is 0 Å². The van der Waals surface area contributed by atoms with Gasteiger partial charge in [-0.15, -0.1) is 0 Å². The van der Waals surface area contributed by atoms with Crippen molar-refractivity contribution in [3.63, 3.8) is 0 Å². The maximum Gasteiger partial charge on any atom is 0.183 e. The van der Waals surface area contributed by atoms with E-state index in [0.29, 0.717) is 13.2 Å². The van der Waals surface area contributed by atoms with E-state index in [0.717, 1.165) is 25.7 Å². The molecule has 0 saturated heterocycles. The second kappa shape index (κ2) is 37.6. The molecule has 0 aromatic carbocycles. The molecule has 0 aliphatic carbocycles. The number of hydrogen-bond donors (Lipinski definition) is 0. The van der Waals surface area contributed by atoms with Gasteiger partial charge >= 0.3 is 0 Å². The summed E-state index contributed by atoms with van der Waals surface area (Å²) in [5.74, 6) is 0.0649. The second-order valence-electron chi connectivity index (χ2n) is 11.8. The third kappa shape index (κ3) is 36.6. The number of ketones is 1. The van der Waals surface area contributed by atoms with E-state index >= 15 is 0 Å². The third-order valence-electron chi connectivity index (χ3n) is 7.50. The number of rotatable bonds is 34. The molecule has 0 fully saturated rings. The highest BCUT2D eigenvalue weighted by molar-refractivity contribution is 5.80. The molecule has 0 atom stereocenters. The molecule has 0 radical (unpaired) electrons. The summed E-state index contributed by atoms with van der Waals surface area (Å²) in [5, 5.41) is 0. The van der Waals surface area contributed by atoms with Crippen molar-refractivity contribution in [2.45, 2.75) is 168 Å². The average molecular weight is 587 g/mol. The average Bonchev–Trinajstić information content (AvgIpc) is 3.00. The second-order valence-corrected chi connectivity index (χ2v) is 11.8. The van der Waals surface area contributed by atoms with Crippen LogP contribution in [0.1, 0.15) is 168 Å². The number of ether oxygens (including phenoxy) is 2. The van der Waals surface area contributed by atoms with Gasteiger partial charge in [-0.2, -0.15) is 0 Å². The highest BCUT2D eigenvalue weighted by atomic mass is 16.5. The summed E-state index contributed by atoms with van der Waals surface area (Å²) in [6, 6.07) is 0. The third-order valence-corrected chi connectivity index (χ3v) is 7.50. The molecule has 42 heavy (non-hydrogen) atoms. The van der Waals surface area contributed by atoms with E-state index in [-0.39, 0.29) is 19.0 Å². The molecule has 0 heterocycles. The van der Waals surface area contributed by atoms with Crippen LogP contribution in [0.15, 0.2) is 48.6 Å². The Morgan fingerprint density at radius 3 is 1.07 bits per heavy atom. The molecule has 0 aliphatic rings. The van der Waals surface area contributed by atoms with Crippen LogP contribution in [0.25, 0.3) is 0 Å². The zero-order valence-electron chi connectivity index (χ0n) is 28.1. The Morgan fingerprint density at radius 2 is 0.714 bits per heavy atom. The SMILES string of the molecule is CCCCCC=CCC=CCCCCCCCCOCC(=O)COCCCCCCCCC=CCC=CCCCCC. The Balaban J connectivity index is 3.27. The molecule has 0 unspecified atom stereocenters. The standard InChI is InChI=1S/C39H70O3/c1-3-5-7-9-11-13-15-17-19-21-23-25-27-29-31-33-35-41-37-39(40)38-42-36-34-32-30-28-26-24-22-20-18-16-14-12-10-8-6-4-2/h11-14,17-20H,3-10,15-16,21-38H2,1-2H3. The fourth-order valence-electron chi connectivity index (χ4n) is 4.80. The highest BCUT2D eigenvalue weighted by Gasteiger charge is 2.02. The summed E-state index contributed by atoms with van der Waals surface area (Å²) < 4.78 is 11.1. The van der Waals surface area contributed by atoms with Gasteiger partial charge < -0.3 is 9.47 Å². The Labute approximate surface area is 262 Å². The maximum atomic E-state index is 11.9. The van der Waals surface area contributed by atoms with Gasteiger partial charge in [-0.3, -0.25) is 4.79 Å². The van der Waals surface area contributed by atoms with Crippen LogP contribution < -0.4 is 0 Å². The van der Waals surface area contributed by atoms with E-state index in [4.69, 9.17) is 9.47 Å². The molecule has 3 heteroatoms. The summed E-state index contributed by atoms with van der Waals surface area (Å²) in [6.07, 6.45) is 48.3. The van der Waals surface area contributed by atoms with E-state index in [1.54, 1.807) is 0 Å². The summed E-state index contributed by atoms with van der Waals surface area (Å²) in [4.78, 5) is 11.9. The Kier molecular flexibility index (Phi) is 36.3. The number of unbranched alkanes of at least 4 members (excludes halogenated alkanes) is 18. The van der Waals surface area contributed by atoms with Gasteiger partial charge in [0.05, 0.1) is 0 Å². The molecular formula is C39H70O3. The van der Waals surface area contributed by atoms with Gasteiger partial charge in [0.25, 0.3) is 0 Å². The van der Waals surface area contributed by atoms with Crippen LogP contribution in [0.4, 0.5) is 0 Å². The van der Waals surface area contributed by atoms with Gasteiger partial charge in [-0.1, -0.05) is 140 Å². The first-order valence-electron chi connectivity index (χ1n) is 18.1. The first-order valence-corrected chi connectivity index (χ1v) is 18.1. The van der Waals surface area contributed by atoms with E-state index in [1.165, 1.54) is 128 Å². The van der Waals surface area contributed by atoms with Crippen LogP contribution >= 0.6 is 0 Å². The number of carbonyl (C=O) groups is 1. The van der Waals surface area contributed by atoms with E-state index in [2.05, 4.69) is 62.5 Å². The fraction of sp³-hybridized carbons (Fsp3) is 0.769. The highest BCUT2D eigenvalue weighted by Crippen LogP contribution is 2.10. The van der Waals surface area contributed by atoms with Gasteiger partial charge in [0.15, 0.2) is 5.78 Å². The first kappa shape index (κ1) is 40.5. The summed E-state index contributed by atoms with van der Waals surface area (Å²) in [6.45, 7) is 6.28. The summed E-state index contributed by atoms with van der Waals surface area (Å²) in [5.41, 5.74) is 0. The van der Waals surface area contributed by atoms with Crippen molar-refractivity contribution in [1.82, 2.24) is 0 Å². The molecule has 0 spiro atoms. The molecule has 0 aliphatic heterocycles. The smallest absolute Gasteiger partial charge is 0.183 e. The van der Waals surface area contributed by atoms with Gasteiger partial charge in [0.2, 0.25) is 0 Å². The van der Waals surface area contributed by atoms with Crippen molar-refractivity contribution < 1.29 is 14.3 Å². The molecule has 0 N–H and O–H groups in total. The van der Waals surface area contributed by atoms with Crippen molar-refractivity contribution in [2.24, 2.45) is 0 Å². The Morgan fingerprint density at radius 1 is 0.405 bits per heavy atom. The lowest BCUT2D eigenvalue weighted by Gasteiger charge is -2.06. The fourth-order valence-corrected chi connectivity index (χ4v) is 4.80. The minimum Gasteiger partial charge on any atom is -0.374 e. The minimum atomic E-state index is 0.0649.